The van der Waals surface area contributed by atoms with E-state index in [1.807, 2.05) is 13.1 Å². The molecule has 2 aliphatic carbocycles. The van der Waals surface area contributed by atoms with Gasteiger partial charge >= 0.3 is 0 Å². The van der Waals surface area contributed by atoms with Crippen molar-refractivity contribution in [1.82, 2.24) is 14.9 Å². The maximum atomic E-state index is 14.6. The molecule has 5 nitrogen and oxygen atoms in total. The lowest BCUT2D eigenvalue weighted by molar-refractivity contribution is 0.106. The molecular formula is C22H23ClFN3O2. The minimum atomic E-state index is -0.430. The highest BCUT2D eigenvalue weighted by Gasteiger charge is 2.32. The third kappa shape index (κ3) is 3.38. The normalized spacial score (nSPS) is 21.4. The maximum Gasteiger partial charge on any atom is 0.176 e. The predicted octanol–water partition coefficient (Wildman–Crippen LogP) is 5.96. The molecule has 29 heavy (non-hydrogen) atoms. The Hall–Kier alpha value is -2.18. The van der Waals surface area contributed by atoms with Gasteiger partial charge in [-0.2, -0.15) is 5.10 Å². The number of ether oxygens (including phenoxy) is 1. The van der Waals surface area contributed by atoms with Crippen LogP contribution in [0.4, 0.5) is 4.39 Å². The van der Waals surface area contributed by atoms with Crippen LogP contribution in [0.15, 0.2) is 28.9 Å². The van der Waals surface area contributed by atoms with Crippen LogP contribution in [0.3, 0.4) is 0 Å². The van der Waals surface area contributed by atoms with Crippen LogP contribution in [0.5, 0.6) is 0 Å². The minimum absolute atomic E-state index is 0.247. The monoisotopic (exact) mass is 415 g/mol. The van der Waals surface area contributed by atoms with Crippen LogP contribution in [0.25, 0.3) is 22.6 Å². The molecule has 0 amide bonds. The van der Waals surface area contributed by atoms with Crippen molar-refractivity contribution >= 4 is 11.6 Å². The van der Waals surface area contributed by atoms with E-state index in [0.717, 1.165) is 42.9 Å². The number of nitrogens with zero attached hydrogens (tertiary/aromatic N) is 3. The molecule has 0 saturated heterocycles. The average molecular weight is 416 g/mol. The molecule has 0 unspecified atom stereocenters. The zero-order valence-corrected chi connectivity index (χ0v) is 17.2. The zero-order valence-electron chi connectivity index (χ0n) is 16.5. The van der Waals surface area contributed by atoms with E-state index in [0.29, 0.717) is 34.7 Å². The van der Waals surface area contributed by atoms with Gasteiger partial charge in [0.15, 0.2) is 5.76 Å². The summed E-state index contributed by atoms with van der Waals surface area (Å²) >= 11 is 6.30. The summed E-state index contributed by atoms with van der Waals surface area (Å²) in [6, 6.07) is 5.03. The van der Waals surface area contributed by atoms with Crippen LogP contribution < -0.4 is 0 Å². The Kier molecular flexibility index (Phi) is 4.71. The fraction of sp³-hybridized carbons (Fsp3) is 0.455. The van der Waals surface area contributed by atoms with Gasteiger partial charge in [-0.25, -0.2) is 4.39 Å². The summed E-state index contributed by atoms with van der Waals surface area (Å²) in [6.07, 6.45) is 6.42. The van der Waals surface area contributed by atoms with E-state index in [4.69, 9.17) is 20.9 Å². The number of hydrogen-bond donors (Lipinski definition) is 0. The van der Waals surface area contributed by atoms with Crippen molar-refractivity contribution in [1.29, 1.82) is 0 Å². The van der Waals surface area contributed by atoms with E-state index in [1.165, 1.54) is 6.07 Å². The predicted molar refractivity (Wildman–Crippen MR) is 108 cm³/mol. The molecule has 0 aliphatic heterocycles. The number of benzene rings is 1. The molecule has 2 aromatic heterocycles. The molecule has 5 rings (SSSR count). The van der Waals surface area contributed by atoms with Gasteiger partial charge in [0.05, 0.1) is 46.7 Å². The smallest absolute Gasteiger partial charge is 0.176 e. The number of hydrogen-bond acceptors (Lipinski definition) is 4. The van der Waals surface area contributed by atoms with Gasteiger partial charge in [-0.15, -0.1) is 0 Å². The Labute approximate surface area is 173 Å². The van der Waals surface area contributed by atoms with Gasteiger partial charge < -0.3 is 9.26 Å². The van der Waals surface area contributed by atoms with Crippen molar-refractivity contribution in [3.63, 3.8) is 0 Å². The molecule has 2 fully saturated rings. The zero-order chi connectivity index (χ0) is 20.1. The summed E-state index contributed by atoms with van der Waals surface area (Å²) in [5, 5.41) is 9.11. The fourth-order valence-electron chi connectivity index (χ4n) is 4.09. The minimum Gasteiger partial charge on any atom is -0.373 e. The molecule has 2 saturated carbocycles. The number of rotatable bonds is 6. The Bertz CT molecular complexity index is 1030. The molecule has 0 bridgehead atoms. The lowest BCUT2D eigenvalue weighted by Gasteiger charge is -2.33. The first kappa shape index (κ1) is 18.8. The Morgan fingerprint density at radius 1 is 1.31 bits per heavy atom. The molecule has 3 aromatic rings. The topological polar surface area (TPSA) is 53.1 Å². The standard InChI is InChI=1S/C22H23ClFN3O2/c1-12-8-14(9-12)27-13(2)16(10-25-27)22-17(11-28-15-6-7-15)21(26-29-22)20-18(23)4-3-5-19(20)24/h3-5,10,12,14-15H,6-9,11H2,1-2H3. The third-order valence-electron chi connectivity index (χ3n) is 5.96. The van der Waals surface area contributed by atoms with Gasteiger partial charge in [0.1, 0.15) is 11.5 Å². The highest BCUT2D eigenvalue weighted by Crippen LogP contribution is 2.42. The van der Waals surface area contributed by atoms with Gasteiger partial charge in [0.2, 0.25) is 0 Å². The Morgan fingerprint density at radius 3 is 2.79 bits per heavy atom. The average Bonchev–Trinajstić information content (AvgIpc) is 3.30. The molecule has 0 atom stereocenters. The summed E-state index contributed by atoms with van der Waals surface area (Å²) in [5.74, 6) is 0.881. The maximum absolute atomic E-state index is 14.6. The van der Waals surface area contributed by atoms with Crippen LogP contribution in [-0.2, 0) is 11.3 Å². The SMILES string of the molecule is Cc1c(-c2onc(-c3c(F)cccc3Cl)c2COC2CC2)cnn1C1CC(C)C1. The van der Waals surface area contributed by atoms with Crippen LogP contribution in [0, 0.1) is 18.7 Å². The second-order valence-electron chi connectivity index (χ2n) is 8.26. The van der Waals surface area contributed by atoms with Crippen molar-refractivity contribution in [2.75, 3.05) is 0 Å². The van der Waals surface area contributed by atoms with Gasteiger partial charge in [-0.05, 0) is 50.7 Å². The molecule has 0 radical (unpaired) electrons. The molecule has 0 N–H and O–H groups in total. The first-order valence-electron chi connectivity index (χ1n) is 10.1. The van der Waals surface area contributed by atoms with E-state index in [2.05, 4.69) is 21.9 Å². The number of aromatic nitrogens is 3. The van der Waals surface area contributed by atoms with Crippen LogP contribution >= 0.6 is 11.6 Å². The largest absolute Gasteiger partial charge is 0.373 e. The fourth-order valence-corrected chi connectivity index (χ4v) is 4.34. The molecule has 7 heteroatoms. The highest BCUT2D eigenvalue weighted by atomic mass is 35.5. The Balaban J connectivity index is 1.57. The molecule has 2 heterocycles. The van der Waals surface area contributed by atoms with Gasteiger partial charge in [-0.3, -0.25) is 4.68 Å². The van der Waals surface area contributed by atoms with E-state index >= 15 is 0 Å². The van der Waals surface area contributed by atoms with Crippen molar-refractivity contribution in [3.05, 3.63) is 46.5 Å². The summed E-state index contributed by atoms with van der Waals surface area (Å²) < 4.78 is 28.3. The van der Waals surface area contributed by atoms with Crippen LogP contribution in [0.1, 0.15) is 49.9 Å². The van der Waals surface area contributed by atoms with Gasteiger partial charge in [-0.1, -0.05) is 29.7 Å². The van der Waals surface area contributed by atoms with E-state index in [9.17, 15) is 4.39 Å². The number of halogens is 2. The molecular weight excluding hydrogens is 393 g/mol. The summed E-state index contributed by atoms with van der Waals surface area (Å²) in [6.45, 7) is 4.59. The lowest BCUT2D eigenvalue weighted by Crippen LogP contribution is -2.26. The lowest BCUT2D eigenvalue weighted by atomic mass is 9.82. The van der Waals surface area contributed by atoms with E-state index in [1.54, 1.807) is 12.1 Å². The second kappa shape index (κ2) is 7.26. The van der Waals surface area contributed by atoms with Gasteiger partial charge in [0.25, 0.3) is 0 Å². The van der Waals surface area contributed by atoms with Gasteiger partial charge in [0, 0.05) is 5.69 Å². The van der Waals surface area contributed by atoms with E-state index < -0.39 is 5.82 Å². The molecule has 152 valence electrons. The first-order valence-corrected chi connectivity index (χ1v) is 10.5. The van der Waals surface area contributed by atoms with Crippen molar-refractivity contribution in [3.8, 4) is 22.6 Å². The quantitative estimate of drug-likeness (QED) is 0.498. The molecule has 0 spiro atoms. The molecule has 2 aliphatic rings. The van der Waals surface area contributed by atoms with Crippen LogP contribution in [-0.4, -0.2) is 21.0 Å². The van der Waals surface area contributed by atoms with E-state index in [-0.39, 0.29) is 11.7 Å². The van der Waals surface area contributed by atoms with Crippen molar-refractivity contribution in [2.24, 2.45) is 5.92 Å². The van der Waals surface area contributed by atoms with Crippen LogP contribution in [0.2, 0.25) is 5.02 Å². The highest BCUT2D eigenvalue weighted by molar-refractivity contribution is 6.33. The first-order chi connectivity index (χ1) is 14.0. The second-order valence-corrected chi connectivity index (χ2v) is 8.67. The molecule has 1 aromatic carbocycles. The van der Waals surface area contributed by atoms with Crippen molar-refractivity contribution in [2.45, 2.75) is 58.3 Å². The third-order valence-corrected chi connectivity index (χ3v) is 6.27. The summed E-state index contributed by atoms with van der Waals surface area (Å²) in [5.41, 5.74) is 3.25. The summed E-state index contributed by atoms with van der Waals surface area (Å²) in [4.78, 5) is 0. The summed E-state index contributed by atoms with van der Waals surface area (Å²) in [7, 11) is 0. The van der Waals surface area contributed by atoms with Crippen molar-refractivity contribution < 1.29 is 13.7 Å². The Morgan fingerprint density at radius 2 is 2.10 bits per heavy atom.